The van der Waals surface area contributed by atoms with Gasteiger partial charge in [0, 0.05) is 5.02 Å². The molecule has 0 spiro atoms. The molecule has 1 saturated carbocycles. The SMILES string of the molecule is COC(=O)C1(c2ccc(Cl)cc2)CC(O)C1. The van der Waals surface area contributed by atoms with E-state index in [1.165, 1.54) is 7.11 Å². The number of esters is 1. The van der Waals surface area contributed by atoms with E-state index in [4.69, 9.17) is 16.3 Å². The van der Waals surface area contributed by atoms with Crippen LogP contribution in [0.5, 0.6) is 0 Å². The van der Waals surface area contributed by atoms with E-state index in [0.717, 1.165) is 5.56 Å². The second-order valence-corrected chi connectivity index (χ2v) is 4.58. The predicted molar refractivity (Wildman–Crippen MR) is 60.4 cm³/mol. The van der Waals surface area contributed by atoms with E-state index in [0.29, 0.717) is 17.9 Å². The number of rotatable bonds is 2. The Morgan fingerprint density at radius 2 is 2.00 bits per heavy atom. The highest BCUT2D eigenvalue weighted by Gasteiger charge is 2.51. The van der Waals surface area contributed by atoms with Crippen LogP contribution in [0.1, 0.15) is 18.4 Å². The van der Waals surface area contributed by atoms with Crippen molar-refractivity contribution in [3.05, 3.63) is 34.9 Å². The number of aliphatic hydroxyl groups excluding tert-OH is 1. The van der Waals surface area contributed by atoms with Gasteiger partial charge in [0.15, 0.2) is 0 Å². The lowest BCUT2D eigenvalue weighted by atomic mass is 9.63. The van der Waals surface area contributed by atoms with Gasteiger partial charge in [-0.3, -0.25) is 4.79 Å². The minimum atomic E-state index is -0.682. The number of hydrogen-bond acceptors (Lipinski definition) is 3. The average Bonchev–Trinajstić information content (AvgIpc) is 2.25. The van der Waals surface area contributed by atoms with Crippen molar-refractivity contribution < 1.29 is 14.6 Å². The molecule has 0 radical (unpaired) electrons. The first-order valence-electron chi connectivity index (χ1n) is 5.11. The van der Waals surface area contributed by atoms with Crippen molar-refractivity contribution in [1.82, 2.24) is 0 Å². The molecule has 1 N–H and O–H groups in total. The van der Waals surface area contributed by atoms with Crippen molar-refractivity contribution in [2.45, 2.75) is 24.4 Å². The number of halogens is 1. The Morgan fingerprint density at radius 1 is 1.44 bits per heavy atom. The van der Waals surface area contributed by atoms with E-state index in [-0.39, 0.29) is 5.97 Å². The van der Waals surface area contributed by atoms with Gasteiger partial charge >= 0.3 is 5.97 Å². The summed E-state index contributed by atoms with van der Waals surface area (Å²) in [6.07, 6.45) is 0.414. The van der Waals surface area contributed by atoms with Gasteiger partial charge in [-0.15, -0.1) is 0 Å². The normalized spacial score (nSPS) is 28.3. The molecule has 0 unspecified atom stereocenters. The molecule has 4 heteroatoms. The highest BCUT2D eigenvalue weighted by Crippen LogP contribution is 2.45. The second kappa shape index (κ2) is 4.07. The zero-order valence-corrected chi connectivity index (χ0v) is 9.70. The van der Waals surface area contributed by atoms with Gasteiger partial charge in [0.05, 0.1) is 18.6 Å². The molecule has 2 rings (SSSR count). The molecule has 1 aliphatic rings. The number of carbonyl (C=O) groups is 1. The highest BCUT2D eigenvalue weighted by atomic mass is 35.5. The number of ether oxygens (including phenoxy) is 1. The lowest BCUT2D eigenvalue weighted by Crippen LogP contribution is -2.51. The molecule has 1 aromatic carbocycles. The average molecular weight is 241 g/mol. The third-order valence-electron chi connectivity index (χ3n) is 3.14. The summed E-state index contributed by atoms with van der Waals surface area (Å²) in [4.78, 5) is 11.8. The minimum absolute atomic E-state index is 0.292. The van der Waals surface area contributed by atoms with Crippen molar-refractivity contribution in [3.8, 4) is 0 Å². The molecule has 0 bridgehead atoms. The molecule has 1 aliphatic carbocycles. The van der Waals surface area contributed by atoms with Gasteiger partial charge in [-0.05, 0) is 30.5 Å². The minimum Gasteiger partial charge on any atom is -0.468 e. The largest absolute Gasteiger partial charge is 0.468 e. The third kappa shape index (κ3) is 1.70. The van der Waals surface area contributed by atoms with Gasteiger partial charge in [-0.2, -0.15) is 0 Å². The van der Waals surface area contributed by atoms with Crippen LogP contribution in [0.3, 0.4) is 0 Å². The molecule has 1 fully saturated rings. The predicted octanol–water partition coefficient (Wildman–Crippen LogP) is 1.91. The Balaban J connectivity index is 2.34. The summed E-state index contributed by atoms with van der Waals surface area (Å²) in [5.41, 5.74) is 0.174. The molecule has 0 amide bonds. The van der Waals surface area contributed by atoms with Crippen LogP contribution in [0, 0.1) is 0 Å². The molecule has 0 atom stereocenters. The van der Waals surface area contributed by atoms with Crippen LogP contribution in [0.15, 0.2) is 24.3 Å². The Hall–Kier alpha value is -1.06. The Morgan fingerprint density at radius 3 is 2.44 bits per heavy atom. The van der Waals surface area contributed by atoms with Gasteiger partial charge in [-0.25, -0.2) is 0 Å². The van der Waals surface area contributed by atoms with Crippen molar-refractivity contribution >= 4 is 17.6 Å². The maximum absolute atomic E-state index is 11.8. The lowest BCUT2D eigenvalue weighted by molar-refractivity contribution is -0.156. The van der Waals surface area contributed by atoms with Gasteiger partial charge in [0.25, 0.3) is 0 Å². The van der Waals surface area contributed by atoms with E-state index in [2.05, 4.69) is 0 Å². The molecule has 1 aromatic rings. The Kier molecular flexibility index (Phi) is 2.91. The first-order valence-corrected chi connectivity index (χ1v) is 5.49. The summed E-state index contributed by atoms with van der Waals surface area (Å²) < 4.78 is 4.81. The van der Waals surface area contributed by atoms with E-state index in [1.807, 2.05) is 12.1 Å². The van der Waals surface area contributed by atoms with Crippen LogP contribution in [0.2, 0.25) is 5.02 Å². The van der Waals surface area contributed by atoms with Gasteiger partial charge in [0.1, 0.15) is 0 Å². The van der Waals surface area contributed by atoms with Gasteiger partial charge in [-0.1, -0.05) is 23.7 Å². The lowest BCUT2D eigenvalue weighted by Gasteiger charge is -2.43. The molecule has 0 aromatic heterocycles. The summed E-state index contributed by atoms with van der Waals surface area (Å²) in [5.74, 6) is -0.292. The van der Waals surface area contributed by atoms with Gasteiger partial charge < -0.3 is 9.84 Å². The first kappa shape index (κ1) is 11.4. The number of methoxy groups -OCH3 is 1. The fourth-order valence-corrected chi connectivity index (χ4v) is 2.36. The van der Waals surface area contributed by atoms with Crippen LogP contribution in [-0.2, 0) is 14.9 Å². The maximum atomic E-state index is 11.8. The van der Waals surface area contributed by atoms with Crippen LogP contribution in [-0.4, -0.2) is 24.3 Å². The Bertz CT molecular complexity index is 393. The highest BCUT2D eigenvalue weighted by molar-refractivity contribution is 6.30. The molecule has 86 valence electrons. The number of aliphatic hydroxyl groups is 1. The zero-order chi connectivity index (χ0) is 11.8. The van der Waals surface area contributed by atoms with Crippen molar-refractivity contribution in [3.63, 3.8) is 0 Å². The first-order chi connectivity index (χ1) is 7.58. The quantitative estimate of drug-likeness (QED) is 0.804. The molecule has 16 heavy (non-hydrogen) atoms. The fourth-order valence-electron chi connectivity index (χ4n) is 2.23. The molecule has 0 aliphatic heterocycles. The van der Waals surface area contributed by atoms with E-state index < -0.39 is 11.5 Å². The third-order valence-corrected chi connectivity index (χ3v) is 3.39. The van der Waals surface area contributed by atoms with Crippen molar-refractivity contribution in [2.24, 2.45) is 0 Å². The smallest absolute Gasteiger partial charge is 0.316 e. The molecular formula is C12H13ClO3. The summed E-state index contributed by atoms with van der Waals surface area (Å²) in [7, 11) is 1.37. The number of hydrogen-bond donors (Lipinski definition) is 1. The summed E-state index contributed by atoms with van der Waals surface area (Å²) >= 11 is 5.80. The van der Waals surface area contributed by atoms with Crippen LogP contribution < -0.4 is 0 Å². The summed E-state index contributed by atoms with van der Waals surface area (Å²) in [6, 6.07) is 7.11. The molecular weight excluding hydrogens is 228 g/mol. The standard InChI is InChI=1S/C12H13ClO3/c1-16-11(15)12(6-10(14)7-12)8-2-4-9(13)5-3-8/h2-5,10,14H,6-7H2,1H3. The molecule has 3 nitrogen and oxygen atoms in total. The van der Waals surface area contributed by atoms with Crippen LogP contribution >= 0.6 is 11.6 Å². The second-order valence-electron chi connectivity index (χ2n) is 4.14. The van der Waals surface area contributed by atoms with Crippen LogP contribution in [0.25, 0.3) is 0 Å². The van der Waals surface area contributed by atoms with Crippen molar-refractivity contribution in [1.29, 1.82) is 0 Å². The zero-order valence-electron chi connectivity index (χ0n) is 8.94. The Labute approximate surface area is 99.0 Å². The fraction of sp³-hybridized carbons (Fsp3) is 0.417. The number of carbonyl (C=O) groups excluding carboxylic acids is 1. The number of benzene rings is 1. The molecule has 0 heterocycles. The van der Waals surface area contributed by atoms with Gasteiger partial charge in [0.2, 0.25) is 0 Å². The topological polar surface area (TPSA) is 46.5 Å². The van der Waals surface area contributed by atoms with E-state index in [9.17, 15) is 9.90 Å². The van der Waals surface area contributed by atoms with E-state index >= 15 is 0 Å². The van der Waals surface area contributed by atoms with E-state index in [1.54, 1.807) is 12.1 Å². The maximum Gasteiger partial charge on any atom is 0.316 e. The molecule has 0 saturated heterocycles. The monoisotopic (exact) mass is 240 g/mol. The summed E-state index contributed by atoms with van der Waals surface area (Å²) in [5, 5.41) is 10.0. The van der Waals surface area contributed by atoms with Crippen molar-refractivity contribution in [2.75, 3.05) is 7.11 Å². The van der Waals surface area contributed by atoms with Crippen LogP contribution in [0.4, 0.5) is 0 Å². The summed E-state index contributed by atoms with van der Waals surface area (Å²) in [6.45, 7) is 0.